The van der Waals surface area contributed by atoms with Crippen LogP contribution in [0.15, 0.2) is 41.3 Å². The van der Waals surface area contributed by atoms with E-state index in [1.54, 1.807) is 30.6 Å². The lowest BCUT2D eigenvalue weighted by molar-refractivity contribution is -0.0609. The number of aromatic nitrogens is 2. The number of carbonyl (C=O) groups is 1. The third-order valence-corrected chi connectivity index (χ3v) is 4.80. The van der Waals surface area contributed by atoms with Gasteiger partial charge >= 0.3 is 0 Å². The largest absolute Gasteiger partial charge is 0.459 e. The van der Waals surface area contributed by atoms with Gasteiger partial charge in [-0.15, -0.1) is 0 Å². The average molecular weight is 328 g/mol. The molecule has 3 atom stereocenters. The van der Waals surface area contributed by atoms with Crippen LogP contribution in [-0.4, -0.2) is 52.6 Å². The molecule has 7 nitrogen and oxygen atoms in total. The van der Waals surface area contributed by atoms with Crippen LogP contribution in [0.1, 0.15) is 23.4 Å². The minimum Gasteiger partial charge on any atom is -0.459 e. The van der Waals surface area contributed by atoms with Gasteiger partial charge in [0.25, 0.3) is 5.91 Å². The van der Waals surface area contributed by atoms with Crippen LogP contribution in [-0.2, 0) is 4.74 Å². The number of nitrogens with one attached hydrogen (secondary N) is 1. The van der Waals surface area contributed by atoms with E-state index >= 15 is 0 Å². The summed E-state index contributed by atoms with van der Waals surface area (Å²) in [4.78, 5) is 22.9. The average Bonchev–Trinajstić information content (AvgIpc) is 3.30. The van der Waals surface area contributed by atoms with Crippen molar-refractivity contribution in [1.82, 2.24) is 14.9 Å². The number of hydrogen-bond donors (Lipinski definition) is 1. The van der Waals surface area contributed by atoms with E-state index in [1.165, 1.54) is 6.26 Å². The van der Waals surface area contributed by atoms with Gasteiger partial charge in [0, 0.05) is 31.4 Å². The Labute approximate surface area is 140 Å². The molecule has 1 aliphatic heterocycles. The van der Waals surface area contributed by atoms with Gasteiger partial charge in [-0.25, -0.2) is 9.97 Å². The molecular formula is C17H20N4O3. The Bertz CT molecular complexity index is 676. The first-order valence-corrected chi connectivity index (χ1v) is 8.30. The predicted octanol–water partition coefficient (Wildman–Crippen LogP) is 1.80. The number of rotatable bonds is 4. The highest BCUT2D eigenvalue weighted by molar-refractivity contribution is 5.91. The molecule has 0 aromatic carbocycles. The van der Waals surface area contributed by atoms with Gasteiger partial charge in [-0.3, -0.25) is 4.79 Å². The first-order valence-electron chi connectivity index (χ1n) is 8.30. The third kappa shape index (κ3) is 2.87. The molecule has 0 bridgehead atoms. The molecule has 7 heteroatoms. The fraction of sp³-hybridized carbons (Fsp3) is 0.471. The monoisotopic (exact) mass is 328 g/mol. The van der Waals surface area contributed by atoms with Crippen LogP contribution >= 0.6 is 0 Å². The number of ether oxygens (including phenoxy) is 1. The summed E-state index contributed by atoms with van der Waals surface area (Å²) in [5.74, 6) is 1.32. The molecular weight excluding hydrogens is 308 g/mol. The maximum Gasteiger partial charge on any atom is 0.289 e. The van der Waals surface area contributed by atoms with Crippen molar-refractivity contribution in [3.63, 3.8) is 0 Å². The third-order valence-electron chi connectivity index (χ3n) is 4.80. The lowest BCUT2D eigenvalue weighted by atomic mass is 10.0. The van der Waals surface area contributed by atoms with Gasteiger partial charge in [0.15, 0.2) is 5.76 Å². The molecule has 1 saturated carbocycles. The van der Waals surface area contributed by atoms with Crippen molar-refractivity contribution in [3.8, 4) is 0 Å². The zero-order chi connectivity index (χ0) is 16.4. The van der Waals surface area contributed by atoms with E-state index < -0.39 is 0 Å². The fourth-order valence-corrected chi connectivity index (χ4v) is 3.69. The van der Waals surface area contributed by atoms with Crippen LogP contribution in [0, 0.1) is 5.92 Å². The Kier molecular flexibility index (Phi) is 4.17. The second-order valence-corrected chi connectivity index (χ2v) is 6.17. The molecule has 0 radical (unpaired) electrons. The molecule has 3 heterocycles. The Morgan fingerprint density at radius 1 is 1.29 bits per heavy atom. The predicted molar refractivity (Wildman–Crippen MR) is 86.5 cm³/mol. The van der Waals surface area contributed by atoms with Crippen LogP contribution in [0.2, 0.25) is 0 Å². The lowest BCUT2D eigenvalue weighted by Crippen LogP contribution is -2.53. The Morgan fingerprint density at radius 2 is 2.17 bits per heavy atom. The lowest BCUT2D eigenvalue weighted by Gasteiger charge is -2.38. The van der Waals surface area contributed by atoms with E-state index in [4.69, 9.17) is 9.15 Å². The molecule has 3 unspecified atom stereocenters. The molecule has 2 aliphatic rings. The fourth-order valence-electron chi connectivity index (χ4n) is 3.69. The van der Waals surface area contributed by atoms with Crippen molar-refractivity contribution in [2.75, 3.05) is 25.0 Å². The molecule has 0 spiro atoms. The Balaban J connectivity index is 1.42. The summed E-state index contributed by atoms with van der Waals surface area (Å²) in [6.07, 6.45) is 6.97. The van der Waals surface area contributed by atoms with Gasteiger partial charge in [-0.1, -0.05) is 0 Å². The van der Waals surface area contributed by atoms with Gasteiger partial charge in [0.2, 0.25) is 5.95 Å². The number of hydrogen-bond acceptors (Lipinski definition) is 6. The summed E-state index contributed by atoms with van der Waals surface area (Å²) in [6.45, 7) is 1.92. The highest BCUT2D eigenvalue weighted by atomic mass is 16.5. The second kappa shape index (κ2) is 6.60. The van der Waals surface area contributed by atoms with Crippen LogP contribution < -0.4 is 5.32 Å². The molecule has 1 amide bonds. The summed E-state index contributed by atoms with van der Waals surface area (Å²) in [6, 6.07) is 5.36. The highest BCUT2D eigenvalue weighted by Gasteiger charge is 2.44. The molecule has 126 valence electrons. The van der Waals surface area contributed by atoms with Crippen molar-refractivity contribution in [3.05, 3.63) is 42.6 Å². The quantitative estimate of drug-likeness (QED) is 0.922. The zero-order valence-corrected chi connectivity index (χ0v) is 13.3. The van der Waals surface area contributed by atoms with Crippen molar-refractivity contribution in [2.45, 2.75) is 25.0 Å². The van der Waals surface area contributed by atoms with Crippen molar-refractivity contribution in [1.29, 1.82) is 0 Å². The van der Waals surface area contributed by atoms with E-state index in [1.807, 2.05) is 4.90 Å². The summed E-state index contributed by atoms with van der Waals surface area (Å²) in [7, 11) is 0. The van der Waals surface area contributed by atoms with E-state index in [9.17, 15) is 4.79 Å². The van der Waals surface area contributed by atoms with E-state index in [2.05, 4.69) is 15.3 Å². The molecule has 1 saturated heterocycles. The standard InChI is InChI=1S/C17H20N4O3/c22-16(14-3-1-9-23-14)21-8-10-24-15-12(4-5-13(15)21)11-20-17-18-6-2-7-19-17/h1-3,6-7,9,12-13,15H,4-5,8,10-11H2,(H,18,19,20). The van der Waals surface area contributed by atoms with E-state index in [0.717, 1.165) is 19.4 Å². The van der Waals surface area contributed by atoms with Gasteiger partial charge in [0.1, 0.15) is 0 Å². The van der Waals surface area contributed by atoms with Gasteiger partial charge in [0.05, 0.1) is 25.0 Å². The SMILES string of the molecule is O=C(c1ccco1)N1CCOC2C(CNc3ncccn3)CCC21. The van der Waals surface area contributed by atoms with Crippen LogP contribution in [0.5, 0.6) is 0 Å². The second-order valence-electron chi connectivity index (χ2n) is 6.17. The number of nitrogens with zero attached hydrogens (tertiary/aromatic N) is 3. The van der Waals surface area contributed by atoms with Crippen molar-refractivity contribution >= 4 is 11.9 Å². The number of amides is 1. The van der Waals surface area contributed by atoms with E-state index in [-0.39, 0.29) is 18.1 Å². The first-order chi connectivity index (χ1) is 11.8. The van der Waals surface area contributed by atoms with Gasteiger partial charge in [-0.2, -0.15) is 0 Å². The summed E-state index contributed by atoms with van der Waals surface area (Å²) in [5.41, 5.74) is 0. The molecule has 2 aromatic rings. The first kappa shape index (κ1) is 15.1. The van der Waals surface area contributed by atoms with Crippen molar-refractivity contribution < 1.29 is 13.9 Å². The molecule has 2 aromatic heterocycles. The molecule has 1 N–H and O–H groups in total. The number of anilines is 1. The topological polar surface area (TPSA) is 80.5 Å². The van der Waals surface area contributed by atoms with E-state index in [0.29, 0.717) is 30.8 Å². The van der Waals surface area contributed by atoms with Gasteiger partial charge in [-0.05, 0) is 31.0 Å². The molecule has 2 fully saturated rings. The van der Waals surface area contributed by atoms with Gasteiger partial charge < -0.3 is 19.4 Å². The number of furan rings is 1. The Hall–Kier alpha value is -2.41. The minimum atomic E-state index is -0.0432. The maximum atomic E-state index is 12.6. The summed E-state index contributed by atoms with van der Waals surface area (Å²) >= 11 is 0. The van der Waals surface area contributed by atoms with Crippen LogP contribution in [0.25, 0.3) is 0 Å². The van der Waals surface area contributed by atoms with Crippen LogP contribution in [0.3, 0.4) is 0 Å². The smallest absolute Gasteiger partial charge is 0.289 e. The van der Waals surface area contributed by atoms with Crippen LogP contribution in [0.4, 0.5) is 5.95 Å². The number of morpholine rings is 1. The molecule has 24 heavy (non-hydrogen) atoms. The maximum absolute atomic E-state index is 12.6. The normalized spacial score (nSPS) is 26.2. The number of carbonyl (C=O) groups excluding carboxylic acids is 1. The van der Waals surface area contributed by atoms with Crippen molar-refractivity contribution in [2.24, 2.45) is 5.92 Å². The zero-order valence-electron chi connectivity index (χ0n) is 13.3. The number of fused-ring (bicyclic) bond motifs is 1. The summed E-state index contributed by atoms with van der Waals surface area (Å²) < 4.78 is 11.3. The molecule has 1 aliphatic carbocycles. The highest BCUT2D eigenvalue weighted by Crippen LogP contribution is 2.35. The Morgan fingerprint density at radius 3 is 2.96 bits per heavy atom. The summed E-state index contributed by atoms with van der Waals surface area (Å²) in [5, 5.41) is 3.27. The molecule has 4 rings (SSSR count). The minimum absolute atomic E-state index is 0.0432.